The van der Waals surface area contributed by atoms with Crippen molar-refractivity contribution < 1.29 is 0 Å². The quantitative estimate of drug-likeness (QED) is 0.165. The molecule has 0 N–H and O–H groups in total. The molecule has 9 aromatic rings. The SMILES string of the molecule is CC1(C)c2ccccc2-c2ccc(N(c3ccc(-c4ccc5c(c4)Sc4ccccc4N5c4ccccc4)cc3)c3ccc(N4c5ccccc5Sc5ccccc54)cc3)cc21. The Labute approximate surface area is 371 Å². The van der Waals surface area contributed by atoms with Crippen molar-refractivity contribution in [2.75, 3.05) is 14.7 Å². The van der Waals surface area contributed by atoms with Crippen molar-refractivity contribution in [3.63, 3.8) is 0 Å². The average Bonchev–Trinajstić information content (AvgIpc) is 3.55. The Morgan fingerprint density at radius 3 is 1.47 bits per heavy atom. The number of hydrogen-bond donors (Lipinski definition) is 0. The second-order valence-corrected chi connectivity index (χ2v) is 18.8. The van der Waals surface area contributed by atoms with Gasteiger partial charge >= 0.3 is 0 Å². The zero-order valence-electron chi connectivity index (χ0n) is 34.4. The summed E-state index contributed by atoms with van der Waals surface area (Å²) in [6.45, 7) is 4.72. The van der Waals surface area contributed by atoms with Crippen LogP contribution in [0.15, 0.2) is 232 Å². The Morgan fingerprint density at radius 2 is 0.823 bits per heavy atom. The molecule has 0 bridgehead atoms. The molecule has 0 spiro atoms. The van der Waals surface area contributed by atoms with E-state index in [1.807, 2.05) is 23.5 Å². The predicted molar refractivity (Wildman–Crippen MR) is 262 cm³/mol. The van der Waals surface area contributed by atoms with Crippen LogP contribution < -0.4 is 14.7 Å². The van der Waals surface area contributed by atoms with E-state index in [4.69, 9.17) is 0 Å². The number of rotatable bonds is 6. The van der Waals surface area contributed by atoms with Gasteiger partial charge in [0, 0.05) is 53.4 Å². The summed E-state index contributed by atoms with van der Waals surface area (Å²) in [4.78, 5) is 12.2. The van der Waals surface area contributed by atoms with Crippen LogP contribution in [-0.2, 0) is 5.41 Å². The summed E-state index contributed by atoms with van der Waals surface area (Å²) in [5.74, 6) is 0. The molecule has 62 heavy (non-hydrogen) atoms. The Morgan fingerprint density at radius 1 is 0.355 bits per heavy atom. The number of anilines is 9. The van der Waals surface area contributed by atoms with E-state index in [0.717, 1.165) is 28.4 Å². The Bertz CT molecular complexity index is 3130. The predicted octanol–water partition coefficient (Wildman–Crippen LogP) is 17.0. The topological polar surface area (TPSA) is 9.72 Å². The fourth-order valence-corrected chi connectivity index (χ4v) is 11.8. The highest BCUT2D eigenvalue weighted by molar-refractivity contribution is 8.00. The van der Waals surface area contributed by atoms with Crippen molar-refractivity contribution >= 4 is 74.7 Å². The van der Waals surface area contributed by atoms with E-state index in [1.165, 1.54) is 75.7 Å². The van der Waals surface area contributed by atoms with E-state index in [2.05, 4.69) is 241 Å². The second-order valence-electron chi connectivity index (χ2n) is 16.6. The Hall–Kier alpha value is -6.92. The van der Waals surface area contributed by atoms with Gasteiger partial charge in [0.05, 0.1) is 22.7 Å². The van der Waals surface area contributed by atoms with Crippen molar-refractivity contribution in [2.45, 2.75) is 38.8 Å². The van der Waals surface area contributed by atoms with Crippen LogP contribution in [0.1, 0.15) is 25.0 Å². The third kappa shape index (κ3) is 5.99. The summed E-state index contributed by atoms with van der Waals surface area (Å²) in [5.41, 5.74) is 18.1. The fraction of sp³-hybridized carbons (Fsp3) is 0.0526. The van der Waals surface area contributed by atoms with Crippen molar-refractivity contribution in [1.29, 1.82) is 0 Å². The highest BCUT2D eigenvalue weighted by Crippen LogP contribution is 2.55. The van der Waals surface area contributed by atoms with Crippen molar-refractivity contribution in [3.05, 3.63) is 223 Å². The zero-order chi connectivity index (χ0) is 41.4. The van der Waals surface area contributed by atoms with E-state index < -0.39 is 0 Å². The zero-order valence-corrected chi connectivity index (χ0v) is 36.0. The molecule has 3 aliphatic rings. The van der Waals surface area contributed by atoms with Gasteiger partial charge in [-0.2, -0.15) is 0 Å². The molecular formula is C57H41N3S2. The molecule has 9 aromatic carbocycles. The molecule has 296 valence electrons. The van der Waals surface area contributed by atoms with Gasteiger partial charge in [-0.05, 0) is 143 Å². The summed E-state index contributed by atoms with van der Waals surface area (Å²) >= 11 is 3.68. The average molecular weight is 832 g/mol. The van der Waals surface area contributed by atoms with E-state index in [9.17, 15) is 0 Å². The molecule has 0 unspecified atom stereocenters. The molecule has 2 heterocycles. The lowest BCUT2D eigenvalue weighted by Crippen LogP contribution is -2.17. The molecular weight excluding hydrogens is 791 g/mol. The summed E-state index contributed by atoms with van der Waals surface area (Å²) in [7, 11) is 0. The van der Waals surface area contributed by atoms with Crippen LogP contribution in [0.5, 0.6) is 0 Å². The maximum atomic E-state index is 2.42. The molecule has 0 saturated heterocycles. The van der Waals surface area contributed by atoms with Gasteiger partial charge in [-0.3, -0.25) is 0 Å². The first-order valence-electron chi connectivity index (χ1n) is 21.2. The maximum absolute atomic E-state index is 2.42. The smallest absolute Gasteiger partial charge is 0.0602 e. The van der Waals surface area contributed by atoms with Crippen LogP contribution in [0.4, 0.5) is 51.2 Å². The van der Waals surface area contributed by atoms with Gasteiger partial charge in [0.25, 0.3) is 0 Å². The van der Waals surface area contributed by atoms with Crippen LogP contribution in [0.3, 0.4) is 0 Å². The highest BCUT2D eigenvalue weighted by Gasteiger charge is 2.36. The number of hydrogen-bond acceptors (Lipinski definition) is 5. The van der Waals surface area contributed by atoms with Crippen molar-refractivity contribution in [3.8, 4) is 22.3 Å². The summed E-state index contributed by atoms with van der Waals surface area (Å²) in [6.07, 6.45) is 0. The van der Waals surface area contributed by atoms with Gasteiger partial charge < -0.3 is 14.7 Å². The molecule has 0 amide bonds. The van der Waals surface area contributed by atoms with Crippen LogP contribution in [0.25, 0.3) is 22.3 Å². The van der Waals surface area contributed by atoms with Crippen molar-refractivity contribution in [2.24, 2.45) is 0 Å². The van der Waals surface area contributed by atoms with Crippen molar-refractivity contribution in [1.82, 2.24) is 0 Å². The van der Waals surface area contributed by atoms with Crippen LogP contribution in [0.2, 0.25) is 0 Å². The summed E-state index contributed by atoms with van der Waals surface area (Å²) < 4.78 is 0. The van der Waals surface area contributed by atoms with Gasteiger partial charge in [-0.1, -0.05) is 140 Å². The standard InChI is InChI=1S/C57H41N3S2/c1-57(2)47-17-7-6-16-45(47)46-34-33-44(37-48(46)57)58(42-29-31-43(32-30-42)60-49-18-8-11-21-53(49)61-54-22-12-9-19-50(54)60)41-27-24-38(25-28-41)39-26-35-52-56(36-39)62-55-23-13-10-20-51(55)59(52)40-14-4-3-5-15-40/h3-37H,1-2H3. The number of fused-ring (bicyclic) bond motifs is 7. The molecule has 0 radical (unpaired) electrons. The number of para-hydroxylation sites is 4. The minimum atomic E-state index is -0.116. The molecule has 12 rings (SSSR count). The lowest BCUT2D eigenvalue weighted by Gasteiger charge is -2.33. The maximum Gasteiger partial charge on any atom is 0.0602 e. The van der Waals surface area contributed by atoms with Crippen LogP contribution in [-0.4, -0.2) is 0 Å². The van der Waals surface area contributed by atoms with E-state index in [-0.39, 0.29) is 5.41 Å². The summed E-state index contributed by atoms with van der Waals surface area (Å²) in [6, 6.07) is 77.9. The molecule has 0 atom stereocenters. The number of benzene rings is 9. The van der Waals surface area contributed by atoms with E-state index in [0.29, 0.717) is 0 Å². The Kier molecular flexibility index (Phi) is 8.70. The molecule has 3 nitrogen and oxygen atoms in total. The first kappa shape index (κ1) is 36.9. The van der Waals surface area contributed by atoms with E-state index >= 15 is 0 Å². The molecule has 5 heteroatoms. The third-order valence-electron chi connectivity index (χ3n) is 12.6. The second kappa shape index (κ2) is 14.6. The van der Waals surface area contributed by atoms with E-state index in [1.54, 1.807) is 0 Å². The third-order valence-corrected chi connectivity index (χ3v) is 14.9. The van der Waals surface area contributed by atoms with Gasteiger partial charge in [-0.25, -0.2) is 0 Å². The normalized spacial score (nSPS) is 13.9. The lowest BCUT2D eigenvalue weighted by molar-refractivity contribution is 0.660. The first-order valence-corrected chi connectivity index (χ1v) is 22.8. The molecule has 2 aliphatic heterocycles. The van der Waals surface area contributed by atoms with Gasteiger partial charge in [0.15, 0.2) is 0 Å². The van der Waals surface area contributed by atoms with Gasteiger partial charge in [0.2, 0.25) is 0 Å². The highest BCUT2D eigenvalue weighted by atomic mass is 32.2. The largest absolute Gasteiger partial charge is 0.310 e. The fourth-order valence-electron chi connectivity index (χ4n) is 9.61. The van der Waals surface area contributed by atoms with Gasteiger partial charge in [-0.15, -0.1) is 0 Å². The van der Waals surface area contributed by atoms with Crippen LogP contribution in [0, 0.1) is 0 Å². The molecule has 1 aliphatic carbocycles. The molecule has 0 fully saturated rings. The number of nitrogens with zero attached hydrogens (tertiary/aromatic N) is 3. The monoisotopic (exact) mass is 831 g/mol. The summed E-state index contributed by atoms with van der Waals surface area (Å²) in [5, 5.41) is 0. The molecule has 0 aromatic heterocycles. The molecule has 0 saturated carbocycles. The lowest BCUT2D eigenvalue weighted by atomic mass is 9.82. The Balaban J connectivity index is 0.939. The van der Waals surface area contributed by atoms with Gasteiger partial charge in [0.1, 0.15) is 0 Å². The minimum absolute atomic E-state index is 0.116. The first-order chi connectivity index (χ1) is 30.5. The van der Waals surface area contributed by atoms with Crippen LogP contribution >= 0.6 is 23.5 Å². The minimum Gasteiger partial charge on any atom is -0.310 e.